The lowest BCUT2D eigenvalue weighted by Gasteiger charge is -2.21. The highest BCUT2D eigenvalue weighted by molar-refractivity contribution is 5.90. The minimum absolute atomic E-state index is 0.0142. The van der Waals surface area contributed by atoms with Crippen LogP contribution in [-0.2, 0) is 16.1 Å². The van der Waals surface area contributed by atoms with Crippen LogP contribution in [0.25, 0.3) is 0 Å². The lowest BCUT2D eigenvalue weighted by Crippen LogP contribution is -2.42. The number of carbonyl (C=O) groups is 2. The molecule has 0 spiro atoms. The number of amides is 2. The van der Waals surface area contributed by atoms with E-state index in [-0.39, 0.29) is 17.9 Å². The monoisotopic (exact) mass is 232 g/mol. The number of rotatable bonds is 3. The molecule has 1 fully saturated rings. The van der Waals surface area contributed by atoms with Crippen LogP contribution in [0.4, 0.5) is 0 Å². The largest absolute Gasteiger partial charge is 0.344 e. The molecule has 1 saturated heterocycles. The molecule has 1 aromatic rings. The summed E-state index contributed by atoms with van der Waals surface area (Å²) in [5.74, 6) is -0.0452. The molecule has 1 atom stereocenters. The van der Waals surface area contributed by atoms with Gasteiger partial charge in [0.15, 0.2) is 0 Å². The zero-order valence-electron chi connectivity index (χ0n) is 9.85. The Morgan fingerprint density at radius 3 is 2.71 bits per heavy atom. The Bertz CT molecular complexity index is 417. The van der Waals surface area contributed by atoms with E-state index in [9.17, 15) is 9.59 Å². The Labute approximate surface area is 101 Å². The molecular formula is C13H16N2O2. The van der Waals surface area contributed by atoms with Gasteiger partial charge in [-0.15, -0.1) is 0 Å². The normalized spacial score (nSPS) is 18.9. The van der Waals surface area contributed by atoms with Crippen LogP contribution in [0.3, 0.4) is 0 Å². The fraction of sp³-hybridized carbons (Fsp3) is 0.385. The summed E-state index contributed by atoms with van der Waals surface area (Å²) < 4.78 is 0. The molecule has 0 bridgehead atoms. The van der Waals surface area contributed by atoms with E-state index in [1.807, 2.05) is 30.3 Å². The lowest BCUT2D eigenvalue weighted by atomic mass is 10.1. The predicted molar refractivity (Wildman–Crippen MR) is 64.1 cm³/mol. The van der Waals surface area contributed by atoms with Gasteiger partial charge in [0.2, 0.25) is 11.8 Å². The summed E-state index contributed by atoms with van der Waals surface area (Å²) >= 11 is 0. The Morgan fingerprint density at radius 1 is 1.41 bits per heavy atom. The Morgan fingerprint density at radius 2 is 2.12 bits per heavy atom. The van der Waals surface area contributed by atoms with E-state index in [1.165, 1.54) is 0 Å². The van der Waals surface area contributed by atoms with Gasteiger partial charge < -0.3 is 10.2 Å². The Balaban J connectivity index is 1.94. The highest BCUT2D eigenvalue weighted by Crippen LogP contribution is 2.11. The molecular weight excluding hydrogens is 216 g/mol. The molecule has 1 aromatic carbocycles. The Kier molecular flexibility index (Phi) is 3.42. The van der Waals surface area contributed by atoms with Crippen molar-refractivity contribution in [3.05, 3.63) is 35.9 Å². The first-order valence-electron chi connectivity index (χ1n) is 5.75. The van der Waals surface area contributed by atoms with Crippen LogP contribution >= 0.6 is 0 Å². The number of benzene rings is 1. The van der Waals surface area contributed by atoms with Crippen molar-refractivity contribution in [1.82, 2.24) is 10.2 Å². The first kappa shape index (κ1) is 11.6. The maximum Gasteiger partial charge on any atom is 0.245 e. The van der Waals surface area contributed by atoms with Crippen molar-refractivity contribution in [3.8, 4) is 0 Å². The quantitative estimate of drug-likeness (QED) is 0.842. The third-order valence-electron chi connectivity index (χ3n) is 2.93. The van der Waals surface area contributed by atoms with Gasteiger partial charge in [-0.1, -0.05) is 30.3 Å². The molecule has 1 N–H and O–H groups in total. The van der Waals surface area contributed by atoms with Crippen molar-refractivity contribution in [2.24, 2.45) is 0 Å². The molecule has 0 saturated carbocycles. The van der Waals surface area contributed by atoms with Crippen LogP contribution in [0.5, 0.6) is 0 Å². The zero-order valence-corrected chi connectivity index (χ0v) is 9.85. The standard InChI is InChI=1S/C13H16N2O2/c1-15(9-10-5-3-2-4-6-10)13(17)11-7-8-12(16)14-11/h2-6,11H,7-9H2,1H3,(H,14,16). The molecule has 0 aromatic heterocycles. The van der Waals surface area contributed by atoms with Crippen LogP contribution in [0.1, 0.15) is 18.4 Å². The van der Waals surface area contributed by atoms with Gasteiger partial charge in [0.05, 0.1) is 0 Å². The number of carbonyl (C=O) groups excluding carboxylic acids is 2. The number of nitrogens with one attached hydrogen (secondary N) is 1. The molecule has 4 heteroatoms. The van der Waals surface area contributed by atoms with Gasteiger partial charge in [0.1, 0.15) is 6.04 Å². The van der Waals surface area contributed by atoms with Crippen molar-refractivity contribution < 1.29 is 9.59 Å². The summed E-state index contributed by atoms with van der Waals surface area (Å²) in [6.45, 7) is 0.575. The van der Waals surface area contributed by atoms with Crippen LogP contribution in [0.2, 0.25) is 0 Å². The van der Waals surface area contributed by atoms with E-state index in [4.69, 9.17) is 0 Å². The highest BCUT2D eigenvalue weighted by atomic mass is 16.2. The SMILES string of the molecule is CN(Cc1ccccc1)C(=O)C1CCC(=O)N1. The number of hydrogen-bond acceptors (Lipinski definition) is 2. The molecule has 1 aliphatic rings. The fourth-order valence-corrected chi connectivity index (χ4v) is 2.00. The van der Waals surface area contributed by atoms with Crippen LogP contribution in [0, 0.1) is 0 Å². The molecule has 90 valence electrons. The minimum Gasteiger partial charge on any atom is -0.344 e. The molecule has 0 radical (unpaired) electrons. The number of hydrogen-bond donors (Lipinski definition) is 1. The molecule has 2 amide bonds. The topological polar surface area (TPSA) is 49.4 Å². The smallest absolute Gasteiger partial charge is 0.245 e. The van der Waals surface area contributed by atoms with Crippen LogP contribution < -0.4 is 5.32 Å². The molecule has 1 aliphatic heterocycles. The molecule has 0 aliphatic carbocycles. The average molecular weight is 232 g/mol. The van der Waals surface area contributed by atoms with Gasteiger partial charge in [0.25, 0.3) is 0 Å². The second kappa shape index (κ2) is 4.99. The van der Waals surface area contributed by atoms with E-state index >= 15 is 0 Å². The average Bonchev–Trinajstić information content (AvgIpc) is 2.76. The number of nitrogens with zero attached hydrogens (tertiary/aromatic N) is 1. The first-order chi connectivity index (χ1) is 8.16. The van der Waals surface area contributed by atoms with E-state index in [0.29, 0.717) is 19.4 Å². The summed E-state index contributed by atoms with van der Waals surface area (Å²) in [5, 5.41) is 2.69. The summed E-state index contributed by atoms with van der Waals surface area (Å²) in [6.07, 6.45) is 1.06. The van der Waals surface area contributed by atoms with E-state index in [2.05, 4.69) is 5.32 Å². The molecule has 1 heterocycles. The van der Waals surface area contributed by atoms with Crippen molar-refractivity contribution in [3.63, 3.8) is 0 Å². The molecule has 17 heavy (non-hydrogen) atoms. The maximum absolute atomic E-state index is 12.0. The number of likely N-dealkylation sites (N-methyl/N-ethyl adjacent to an activating group) is 1. The third kappa shape index (κ3) is 2.84. The second-order valence-corrected chi connectivity index (χ2v) is 4.34. The summed E-state index contributed by atoms with van der Waals surface area (Å²) in [6, 6.07) is 9.48. The summed E-state index contributed by atoms with van der Waals surface area (Å²) in [4.78, 5) is 24.7. The fourth-order valence-electron chi connectivity index (χ4n) is 2.00. The lowest BCUT2D eigenvalue weighted by molar-refractivity contribution is -0.133. The second-order valence-electron chi connectivity index (χ2n) is 4.34. The van der Waals surface area contributed by atoms with Gasteiger partial charge in [-0.2, -0.15) is 0 Å². The predicted octanol–water partition coefficient (Wildman–Crippen LogP) is 0.924. The van der Waals surface area contributed by atoms with Crippen molar-refractivity contribution >= 4 is 11.8 Å². The van der Waals surface area contributed by atoms with E-state index in [1.54, 1.807) is 11.9 Å². The van der Waals surface area contributed by atoms with E-state index in [0.717, 1.165) is 5.56 Å². The highest BCUT2D eigenvalue weighted by Gasteiger charge is 2.29. The van der Waals surface area contributed by atoms with Gasteiger partial charge >= 0.3 is 0 Å². The third-order valence-corrected chi connectivity index (χ3v) is 2.93. The molecule has 1 unspecified atom stereocenters. The Hall–Kier alpha value is -1.84. The summed E-state index contributed by atoms with van der Waals surface area (Å²) in [7, 11) is 1.76. The molecule has 2 rings (SSSR count). The van der Waals surface area contributed by atoms with Crippen LogP contribution in [0.15, 0.2) is 30.3 Å². The first-order valence-corrected chi connectivity index (χ1v) is 5.75. The maximum atomic E-state index is 12.0. The van der Waals surface area contributed by atoms with Gasteiger partial charge in [-0.05, 0) is 12.0 Å². The minimum atomic E-state index is -0.337. The van der Waals surface area contributed by atoms with E-state index < -0.39 is 0 Å². The molecule has 4 nitrogen and oxygen atoms in total. The van der Waals surface area contributed by atoms with Crippen molar-refractivity contribution in [2.45, 2.75) is 25.4 Å². The van der Waals surface area contributed by atoms with Crippen molar-refractivity contribution in [1.29, 1.82) is 0 Å². The van der Waals surface area contributed by atoms with Gasteiger partial charge in [-0.3, -0.25) is 9.59 Å². The van der Waals surface area contributed by atoms with Gasteiger partial charge in [0, 0.05) is 20.0 Å². The van der Waals surface area contributed by atoms with Crippen molar-refractivity contribution in [2.75, 3.05) is 7.05 Å². The van der Waals surface area contributed by atoms with Gasteiger partial charge in [-0.25, -0.2) is 0 Å². The zero-order chi connectivity index (χ0) is 12.3. The summed E-state index contributed by atoms with van der Waals surface area (Å²) in [5.41, 5.74) is 1.09. The van der Waals surface area contributed by atoms with Crippen LogP contribution in [-0.4, -0.2) is 29.8 Å².